The van der Waals surface area contributed by atoms with Gasteiger partial charge in [0.1, 0.15) is 0 Å². The Morgan fingerprint density at radius 3 is 2.53 bits per heavy atom. The number of carboxylic acid groups (broad SMARTS) is 1. The highest BCUT2D eigenvalue weighted by Gasteiger charge is 2.12. The SMILES string of the molecule is CCC(CC)CS(=O)c1cccc(C(=O)O)c1. The van der Waals surface area contributed by atoms with Gasteiger partial charge in [-0.2, -0.15) is 0 Å². The van der Waals surface area contributed by atoms with Crippen molar-refractivity contribution in [1.82, 2.24) is 0 Å². The zero-order valence-corrected chi connectivity index (χ0v) is 11.0. The zero-order valence-electron chi connectivity index (χ0n) is 10.2. The highest BCUT2D eigenvalue weighted by atomic mass is 32.2. The minimum absolute atomic E-state index is 0.195. The predicted octanol–water partition coefficient (Wildman–Crippen LogP) is 2.93. The van der Waals surface area contributed by atoms with Gasteiger partial charge >= 0.3 is 5.97 Å². The van der Waals surface area contributed by atoms with E-state index in [4.69, 9.17) is 5.11 Å². The van der Waals surface area contributed by atoms with Crippen LogP contribution in [0.1, 0.15) is 37.0 Å². The molecule has 1 N–H and O–H groups in total. The van der Waals surface area contributed by atoms with E-state index >= 15 is 0 Å². The fourth-order valence-corrected chi connectivity index (χ4v) is 3.19. The summed E-state index contributed by atoms with van der Waals surface area (Å²) in [5.74, 6) is 0.0616. The van der Waals surface area contributed by atoms with Crippen LogP contribution in [0.2, 0.25) is 0 Å². The fraction of sp³-hybridized carbons (Fsp3) is 0.462. The van der Waals surface area contributed by atoms with E-state index in [1.54, 1.807) is 12.1 Å². The standard InChI is InChI=1S/C13H18O3S/c1-3-10(4-2)9-17(16)12-7-5-6-11(8-12)13(14)15/h5-8,10H,3-4,9H2,1-2H3,(H,14,15). The largest absolute Gasteiger partial charge is 0.478 e. The second-order valence-electron chi connectivity index (χ2n) is 4.03. The van der Waals surface area contributed by atoms with Crippen LogP contribution in [0.4, 0.5) is 0 Å². The van der Waals surface area contributed by atoms with Gasteiger partial charge in [0.15, 0.2) is 0 Å². The molecule has 0 amide bonds. The van der Waals surface area contributed by atoms with Crippen molar-refractivity contribution in [2.45, 2.75) is 31.6 Å². The van der Waals surface area contributed by atoms with Crippen LogP contribution in [0.25, 0.3) is 0 Å². The van der Waals surface area contributed by atoms with Crippen molar-refractivity contribution < 1.29 is 14.1 Å². The molecule has 0 saturated carbocycles. The summed E-state index contributed by atoms with van der Waals surface area (Å²) in [6.45, 7) is 4.16. The Morgan fingerprint density at radius 1 is 1.35 bits per heavy atom. The molecule has 1 aromatic rings. The number of carboxylic acids is 1. The number of aromatic carboxylic acids is 1. The van der Waals surface area contributed by atoms with Gasteiger partial charge in [-0.15, -0.1) is 0 Å². The first kappa shape index (κ1) is 13.9. The molecule has 0 bridgehead atoms. The first-order chi connectivity index (χ1) is 8.08. The minimum atomic E-state index is -1.10. The van der Waals surface area contributed by atoms with E-state index in [-0.39, 0.29) is 5.56 Å². The van der Waals surface area contributed by atoms with E-state index in [2.05, 4.69) is 13.8 Å². The van der Waals surface area contributed by atoms with Crippen molar-refractivity contribution in [2.24, 2.45) is 5.92 Å². The second-order valence-corrected chi connectivity index (χ2v) is 5.52. The summed E-state index contributed by atoms with van der Waals surface area (Å²) in [6.07, 6.45) is 2.00. The van der Waals surface area contributed by atoms with E-state index in [0.717, 1.165) is 12.8 Å². The molecule has 0 saturated heterocycles. The maximum atomic E-state index is 12.1. The smallest absolute Gasteiger partial charge is 0.335 e. The molecule has 0 heterocycles. The van der Waals surface area contributed by atoms with E-state index in [1.807, 2.05) is 0 Å². The molecular formula is C13H18O3S. The third-order valence-corrected chi connectivity index (χ3v) is 4.44. The Bertz CT molecular complexity index is 411. The van der Waals surface area contributed by atoms with Crippen molar-refractivity contribution >= 4 is 16.8 Å². The monoisotopic (exact) mass is 254 g/mol. The maximum Gasteiger partial charge on any atom is 0.335 e. The summed E-state index contributed by atoms with van der Waals surface area (Å²) in [5.41, 5.74) is 0.195. The van der Waals surface area contributed by atoms with Crippen molar-refractivity contribution in [1.29, 1.82) is 0 Å². The average molecular weight is 254 g/mol. The van der Waals surface area contributed by atoms with E-state index < -0.39 is 16.8 Å². The van der Waals surface area contributed by atoms with Crippen LogP contribution < -0.4 is 0 Å². The molecule has 0 aromatic heterocycles. The Morgan fingerprint density at radius 2 is 2.00 bits per heavy atom. The molecule has 0 aliphatic heterocycles. The molecule has 3 nitrogen and oxygen atoms in total. The van der Waals surface area contributed by atoms with Crippen LogP contribution in [0.3, 0.4) is 0 Å². The number of benzene rings is 1. The van der Waals surface area contributed by atoms with Crippen molar-refractivity contribution in [2.75, 3.05) is 5.75 Å². The van der Waals surface area contributed by atoms with Crippen LogP contribution in [-0.2, 0) is 10.8 Å². The summed E-state index contributed by atoms with van der Waals surface area (Å²) < 4.78 is 12.1. The highest BCUT2D eigenvalue weighted by Crippen LogP contribution is 2.16. The lowest BCUT2D eigenvalue weighted by molar-refractivity contribution is 0.0696. The molecule has 0 aliphatic rings. The molecular weight excluding hydrogens is 236 g/mol. The lowest BCUT2D eigenvalue weighted by atomic mass is 10.1. The van der Waals surface area contributed by atoms with Gasteiger partial charge in [0.05, 0.1) is 16.4 Å². The number of rotatable bonds is 6. The third-order valence-electron chi connectivity index (χ3n) is 2.89. The molecule has 1 atom stereocenters. The van der Waals surface area contributed by atoms with Crippen LogP contribution in [0, 0.1) is 5.92 Å². The Balaban J connectivity index is 2.82. The van der Waals surface area contributed by atoms with Crippen LogP contribution in [0.5, 0.6) is 0 Å². The molecule has 1 rings (SSSR count). The van der Waals surface area contributed by atoms with E-state index in [1.165, 1.54) is 12.1 Å². The zero-order chi connectivity index (χ0) is 12.8. The van der Waals surface area contributed by atoms with E-state index in [0.29, 0.717) is 16.6 Å². The van der Waals surface area contributed by atoms with Gasteiger partial charge in [0, 0.05) is 10.6 Å². The quantitative estimate of drug-likeness (QED) is 0.849. The number of hydrogen-bond donors (Lipinski definition) is 1. The molecule has 1 unspecified atom stereocenters. The van der Waals surface area contributed by atoms with Crippen molar-refractivity contribution in [3.8, 4) is 0 Å². The summed E-state index contributed by atoms with van der Waals surface area (Å²) in [7, 11) is -1.10. The van der Waals surface area contributed by atoms with Gasteiger partial charge < -0.3 is 5.11 Å². The van der Waals surface area contributed by atoms with Gasteiger partial charge in [-0.1, -0.05) is 32.8 Å². The van der Waals surface area contributed by atoms with E-state index in [9.17, 15) is 9.00 Å². The highest BCUT2D eigenvalue weighted by molar-refractivity contribution is 7.85. The molecule has 0 spiro atoms. The number of hydrogen-bond acceptors (Lipinski definition) is 2. The predicted molar refractivity (Wildman–Crippen MR) is 68.7 cm³/mol. The Hall–Kier alpha value is -1.16. The molecule has 94 valence electrons. The second kappa shape index (κ2) is 6.55. The fourth-order valence-electron chi connectivity index (χ4n) is 1.61. The topological polar surface area (TPSA) is 54.4 Å². The first-order valence-corrected chi connectivity index (χ1v) is 7.12. The minimum Gasteiger partial charge on any atom is -0.478 e. The molecule has 4 heteroatoms. The Kier molecular flexibility index (Phi) is 5.35. The molecule has 0 aliphatic carbocycles. The van der Waals surface area contributed by atoms with Gasteiger partial charge in [-0.05, 0) is 24.1 Å². The third kappa shape index (κ3) is 3.97. The number of carbonyl (C=O) groups is 1. The normalized spacial score (nSPS) is 12.6. The van der Waals surface area contributed by atoms with Gasteiger partial charge in [0.25, 0.3) is 0 Å². The summed E-state index contributed by atoms with van der Waals surface area (Å²) >= 11 is 0. The lowest BCUT2D eigenvalue weighted by Crippen LogP contribution is -2.10. The van der Waals surface area contributed by atoms with Gasteiger partial charge in [-0.3, -0.25) is 4.21 Å². The maximum absolute atomic E-state index is 12.1. The average Bonchev–Trinajstić information content (AvgIpc) is 2.35. The molecule has 1 aromatic carbocycles. The van der Waals surface area contributed by atoms with Gasteiger partial charge in [-0.25, -0.2) is 4.79 Å². The van der Waals surface area contributed by atoms with Crippen LogP contribution in [0.15, 0.2) is 29.2 Å². The summed E-state index contributed by atoms with van der Waals surface area (Å²) in [6, 6.07) is 6.38. The van der Waals surface area contributed by atoms with Crippen LogP contribution >= 0.6 is 0 Å². The van der Waals surface area contributed by atoms with Gasteiger partial charge in [0.2, 0.25) is 0 Å². The molecule has 17 heavy (non-hydrogen) atoms. The summed E-state index contributed by atoms with van der Waals surface area (Å²) in [4.78, 5) is 11.4. The van der Waals surface area contributed by atoms with Crippen LogP contribution in [-0.4, -0.2) is 21.0 Å². The molecule has 0 radical (unpaired) electrons. The van der Waals surface area contributed by atoms with Crippen molar-refractivity contribution in [3.05, 3.63) is 29.8 Å². The Labute approximate surface area is 104 Å². The lowest BCUT2D eigenvalue weighted by Gasteiger charge is -2.11. The summed E-state index contributed by atoms with van der Waals surface area (Å²) in [5, 5.41) is 8.87. The first-order valence-electron chi connectivity index (χ1n) is 5.80. The van der Waals surface area contributed by atoms with Crippen molar-refractivity contribution in [3.63, 3.8) is 0 Å². The molecule has 0 fully saturated rings.